The standard InChI is InChI=1S/C12H27N/c1-6-10(4)9-12(13-8-3)11(5)7-2/h10-13H,6-9H2,1-5H3. The van der Waals surface area contributed by atoms with Gasteiger partial charge in [0.1, 0.15) is 0 Å². The normalized spacial score (nSPS) is 18.2. The molecule has 3 unspecified atom stereocenters. The summed E-state index contributed by atoms with van der Waals surface area (Å²) in [5, 5.41) is 3.60. The van der Waals surface area contributed by atoms with Crippen molar-refractivity contribution in [3.8, 4) is 0 Å². The molecule has 0 saturated heterocycles. The lowest BCUT2D eigenvalue weighted by Crippen LogP contribution is -2.36. The maximum absolute atomic E-state index is 3.60. The molecule has 1 heteroatoms. The van der Waals surface area contributed by atoms with Crippen LogP contribution in [-0.2, 0) is 0 Å². The Bertz CT molecular complexity index is 112. The van der Waals surface area contributed by atoms with Crippen LogP contribution in [0.5, 0.6) is 0 Å². The van der Waals surface area contributed by atoms with E-state index in [9.17, 15) is 0 Å². The molecule has 0 fully saturated rings. The average Bonchev–Trinajstić information content (AvgIpc) is 2.15. The molecule has 0 amide bonds. The molecule has 0 rings (SSSR count). The molecule has 0 aromatic heterocycles. The summed E-state index contributed by atoms with van der Waals surface area (Å²) in [4.78, 5) is 0. The van der Waals surface area contributed by atoms with Gasteiger partial charge in [-0.1, -0.05) is 47.5 Å². The van der Waals surface area contributed by atoms with E-state index in [2.05, 4.69) is 39.9 Å². The first-order chi connectivity index (χ1) is 6.15. The van der Waals surface area contributed by atoms with Crippen LogP contribution in [0.2, 0.25) is 0 Å². The number of hydrogen-bond donors (Lipinski definition) is 1. The van der Waals surface area contributed by atoms with Crippen molar-refractivity contribution in [2.24, 2.45) is 11.8 Å². The highest BCUT2D eigenvalue weighted by Gasteiger charge is 2.16. The zero-order valence-corrected chi connectivity index (χ0v) is 10.1. The van der Waals surface area contributed by atoms with E-state index < -0.39 is 0 Å². The highest BCUT2D eigenvalue weighted by atomic mass is 14.9. The number of rotatable bonds is 7. The Morgan fingerprint density at radius 2 is 1.62 bits per heavy atom. The third-order valence-electron chi connectivity index (χ3n) is 3.15. The molecule has 3 atom stereocenters. The van der Waals surface area contributed by atoms with Gasteiger partial charge in [-0.05, 0) is 24.8 Å². The molecule has 80 valence electrons. The van der Waals surface area contributed by atoms with Gasteiger partial charge in [0.25, 0.3) is 0 Å². The maximum atomic E-state index is 3.60. The molecule has 1 nitrogen and oxygen atoms in total. The smallest absolute Gasteiger partial charge is 0.00950 e. The Labute approximate surface area is 84.3 Å². The van der Waals surface area contributed by atoms with E-state index in [-0.39, 0.29) is 0 Å². The highest BCUT2D eigenvalue weighted by Crippen LogP contribution is 2.17. The Hall–Kier alpha value is -0.0400. The van der Waals surface area contributed by atoms with Crippen LogP contribution >= 0.6 is 0 Å². The van der Waals surface area contributed by atoms with Crippen molar-refractivity contribution < 1.29 is 0 Å². The van der Waals surface area contributed by atoms with Crippen molar-refractivity contribution in [3.05, 3.63) is 0 Å². The zero-order chi connectivity index (χ0) is 10.3. The first kappa shape index (κ1) is 13.0. The van der Waals surface area contributed by atoms with Crippen LogP contribution in [0, 0.1) is 11.8 Å². The van der Waals surface area contributed by atoms with E-state index >= 15 is 0 Å². The van der Waals surface area contributed by atoms with E-state index in [1.165, 1.54) is 19.3 Å². The highest BCUT2D eigenvalue weighted by molar-refractivity contribution is 4.74. The maximum Gasteiger partial charge on any atom is 0.00950 e. The fraction of sp³-hybridized carbons (Fsp3) is 1.00. The van der Waals surface area contributed by atoms with Gasteiger partial charge >= 0.3 is 0 Å². The molecule has 0 aromatic rings. The minimum absolute atomic E-state index is 0.727. The lowest BCUT2D eigenvalue weighted by molar-refractivity contribution is 0.308. The van der Waals surface area contributed by atoms with E-state index in [0.29, 0.717) is 0 Å². The molecule has 0 radical (unpaired) electrons. The lowest BCUT2D eigenvalue weighted by Gasteiger charge is -2.26. The van der Waals surface area contributed by atoms with Crippen LogP contribution in [-0.4, -0.2) is 12.6 Å². The summed E-state index contributed by atoms with van der Waals surface area (Å²) < 4.78 is 0. The van der Waals surface area contributed by atoms with Crippen molar-refractivity contribution in [3.63, 3.8) is 0 Å². The predicted molar refractivity (Wildman–Crippen MR) is 61.0 cm³/mol. The van der Waals surface area contributed by atoms with E-state index in [0.717, 1.165) is 24.4 Å². The molecule has 0 heterocycles. The molecule has 0 spiro atoms. The van der Waals surface area contributed by atoms with Crippen molar-refractivity contribution >= 4 is 0 Å². The van der Waals surface area contributed by atoms with Gasteiger partial charge in [-0.25, -0.2) is 0 Å². The second kappa shape index (κ2) is 7.37. The van der Waals surface area contributed by atoms with Gasteiger partial charge in [0.05, 0.1) is 0 Å². The van der Waals surface area contributed by atoms with E-state index in [1.807, 2.05) is 0 Å². The zero-order valence-electron chi connectivity index (χ0n) is 10.1. The molecule has 13 heavy (non-hydrogen) atoms. The fourth-order valence-corrected chi connectivity index (χ4v) is 1.66. The summed E-state index contributed by atoms with van der Waals surface area (Å²) >= 11 is 0. The lowest BCUT2D eigenvalue weighted by atomic mass is 9.89. The predicted octanol–water partition coefficient (Wildman–Crippen LogP) is 3.45. The molecule has 0 aliphatic carbocycles. The van der Waals surface area contributed by atoms with Crippen molar-refractivity contribution in [1.82, 2.24) is 5.32 Å². The monoisotopic (exact) mass is 185 g/mol. The number of hydrogen-bond acceptors (Lipinski definition) is 1. The first-order valence-electron chi connectivity index (χ1n) is 5.88. The summed E-state index contributed by atoms with van der Waals surface area (Å²) in [6, 6.07) is 0.727. The van der Waals surface area contributed by atoms with Gasteiger partial charge in [-0.3, -0.25) is 0 Å². The minimum Gasteiger partial charge on any atom is -0.314 e. The molecular formula is C12H27N. The Kier molecular flexibility index (Phi) is 7.35. The summed E-state index contributed by atoms with van der Waals surface area (Å²) in [6.07, 6.45) is 3.92. The largest absolute Gasteiger partial charge is 0.314 e. The van der Waals surface area contributed by atoms with Gasteiger partial charge in [0.15, 0.2) is 0 Å². The summed E-state index contributed by atoms with van der Waals surface area (Å²) in [5.41, 5.74) is 0. The van der Waals surface area contributed by atoms with Gasteiger partial charge in [0.2, 0.25) is 0 Å². The first-order valence-corrected chi connectivity index (χ1v) is 5.88. The minimum atomic E-state index is 0.727. The van der Waals surface area contributed by atoms with Crippen LogP contribution in [0.25, 0.3) is 0 Å². The molecule has 0 saturated carbocycles. The van der Waals surface area contributed by atoms with Crippen LogP contribution in [0.4, 0.5) is 0 Å². The third kappa shape index (κ3) is 5.30. The van der Waals surface area contributed by atoms with Crippen molar-refractivity contribution in [2.45, 2.75) is 59.9 Å². The topological polar surface area (TPSA) is 12.0 Å². The van der Waals surface area contributed by atoms with Gasteiger partial charge < -0.3 is 5.32 Å². The Balaban J connectivity index is 3.92. The molecule has 0 aliphatic heterocycles. The fourth-order valence-electron chi connectivity index (χ4n) is 1.66. The quantitative estimate of drug-likeness (QED) is 0.640. The van der Waals surface area contributed by atoms with Gasteiger partial charge in [-0.2, -0.15) is 0 Å². The second-order valence-corrected chi connectivity index (χ2v) is 4.30. The Morgan fingerprint density at radius 3 is 2.00 bits per heavy atom. The van der Waals surface area contributed by atoms with E-state index in [1.54, 1.807) is 0 Å². The second-order valence-electron chi connectivity index (χ2n) is 4.30. The van der Waals surface area contributed by atoms with Crippen molar-refractivity contribution in [2.75, 3.05) is 6.54 Å². The molecular weight excluding hydrogens is 158 g/mol. The van der Waals surface area contributed by atoms with Crippen LogP contribution in [0.3, 0.4) is 0 Å². The Morgan fingerprint density at radius 1 is 1.00 bits per heavy atom. The SMILES string of the molecule is CCNC(CC(C)CC)C(C)CC. The van der Waals surface area contributed by atoms with Crippen molar-refractivity contribution in [1.29, 1.82) is 0 Å². The van der Waals surface area contributed by atoms with E-state index in [4.69, 9.17) is 0 Å². The van der Waals surface area contributed by atoms with Gasteiger partial charge in [-0.15, -0.1) is 0 Å². The summed E-state index contributed by atoms with van der Waals surface area (Å²) in [6.45, 7) is 12.6. The summed E-state index contributed by atoms with van der Waals surface area (Å²) in [5.74, 6) is 1.67. The molecule has 0 aromatic carbocycles. The molecule has 0 aliphatic rings. The van der Waals surface area contributed by atoms with Crippen LogP contribution in [0.1, 0.15) is 53.9 Å². The average molecular weight is 185 g/mol. The third-order valence-corrected chi connectivity index (χ3v) is 3.15. The van der Waals surface area contributed by atoms with Crippen LogP contribution < -0.4 is 5.32 Å². The van der Waals surface area contributed by atoms with Gasteiger partial charge in [0, 0.05) is 6.04 Å². The molecule has 1 N–H and O–H groups in total. The number of nitrogens with one attached hydrogen (secondary N) is 1. The summed E-state index contributed by atoms with van der Waals surface area (Å²) in [7, 11) is 0. The van der Waals surface area contributed by atoms with Crippen LogP contribution in [0.15, 0.2) is 0 Å². The molecule has 0 bridgehead atoms.